The van der Waals surface area contributed by atoms with E-state index in [-0.39, 0.29) is 0 Å². The molecule has 1 aromatic carbocycles. The molecule has 1 amide bonds. The molecule has 0 bridgehead atoms. The fourth-order valence-electron chi connectivity index (χ4n) is 4.46. The van der Waals surface area contributed by atoms with Gasteiger partial charge in [0.1, 0.15) is 5.75 Å². The van der Waals surface area contributed by atoms with Gasteiger partial charge in [0.05, 0.1) is 7.11 Å². The molecule has 156 valence electrons. The van der Waals surface area contributed by atoms with Crippen LogP contribution in [-0.2, 0) is 11.2 Å². The van der Waals surface area contributed by atoms with E-state index in [0.717, 1.165) is 57.9 Å². The zero-order chi connectivity index (χ0) is 20.1. The summed E-state index contributed by atoms with van der Waals surface area (Å²) in [4.78, 5) is 21.2. The SMILES string of the molecule is COc1ccc(N2CCN([C@H]3CCCN(C(=O)CCc4cccs4)C3)CC2)cc1. The Morgan fingerprint density at radius 1 is 1.10 bits per heavy atom. The number of aryl methyl sites for hydroxylation is 1. The summed E-state index contributed by atoms with van der Waals surface area (Å²) in [5.74, 6) is 1.22. The summed E-state index contributed by atoms with van der Waals surface area (Å²) in [5.41, 5.74) is 1.26. The molecule has 6 heteroatoms. The molecule has 0 N–H and O–H groups in total. The lowest BCUT2D eigenvalue weighted by molar-refractivity contribution is -0.133. The third kappa shape index (κ3) is 5.11. The summed E-state index contributed by atoms with van der Waals surface area (Å²) in [5, 5.41) is 2.09. The highest BCUT2D eigenvalue weighted by Gasteiger charge is 2.29. The largest absolute Gasteiger partial charge is 0.497 e. The second kappa shape index (κ2) is 9.63. The van der Waals surface area contributed by atoms with Gasteiger partial charge in [-0.15, -0.1) is 11.3 Å². The standard InChI is InChI=1S/C23H31N3O2S/c1-28-21-8-6-19(7-9-21)24-13-15-25(16-14-24)20-4-2-12-26(18-20)23(27)11-10-22-5-3-17-29-22/h3,5-9,17,20H,2,4,10-16,18H2,1H3/t20-/m0/s1. The van der Waals surface area contributed by atoms with Crippen molar-refractivity contribution in [1.82, 2.24) is 9.80 Å². The second-order valence-corrected chi connectivity index (χ2v) is 8.97. The smallest absolute Gasteiger partial charge is 0.222 e. The molecule has 2 aromatic rings. The molecule has 2 saturated heterocycles. The lowest BCUT2D eigenvalue weighted by Gasteiger charge is -2.44. The Kier molecular flexibility index (Phi) is 6.72. The summed E-state index contributed by atoms with van der Waals surface area (Å²) >= 11 is 1.74. The van der Waals surface area contributed by atoms with E-state index in [2.05, 4.69) is 44.3 Å². The van der Waals surface area contributed by atoms with Crippen LogP contribution in [0, 0.1) is 0 Å². The Morgan fingerprint density at radius 2 is 1.90 bits per heavy atom. The third-order valence-corrected chi connectivity index (χ3v) is 7.12. The fourth-order valence-corrected chi connectivity index (χ4v) is 5.17. The number of piperazine rings is 1. The molecule has 3 heterocycles. The number of amides is 1. The van der Waals surface area contributed by atoms with E-state index in [9.17, 15) is 4.79 Å². The van der Waals surface area contributed by atoms with Crippen molar-refractivity contribution >= 4 is 22.9 Å². The minimum Gasteiger partial charge on any atom is -0.497 e. The van der Waals surface area contributed by atoms with Crippen molar-refractivity contribution < 1.29 is 9.53 Å². The van der Waals surface area contributed by atoms with Crippen molar-refractivity contribution in [3.63, 3.8) is 0 Å². The predicted molar refractivity (Wildman–Crippen MR) is 119 cm³/mol. The molecule has 4 rings (SSSR count). The quantitative estimate of drug-likeness (QED) is 0.726. The van der Waals surface area contributed by atoms with Crippen LogP contribution in [0.15, 0.2) is 41.8 Å². The number of hydrogen-bond acceptors (Lipinski definition) is 5. The Labute approximate surface area is 177 Å². The van der Waals surface area contributed by atoms with E-state index in [1.54, 1.807) is 18.4 Å². The van der Waals surface area contributed by atoms with Crippen LogP contribution in [0.1, 0.15) is 24.1 Å². The summed E-state index contributed by atoms with van der Waals surface area (Å²) < 4.78 is 5.26. The molecule has 2 aliphatic heterocycles. The molecule has 5 nitrogen and oxygen atoms in total. The van der Waals surface area contributed by atoms with Gasteiger partial charge in [0, 0.05) is 62.3 Å². The Bertz CT molecular complexity index is 770. The summed E-state index contributed by atoms with van der Waals surface area (Å²) in [7, 11) is 1.70. The topological polar surface area (TPSA) is 36.0 Å². The van der Waals surface area contributed by atoms with Crippen LogP contribution in [0.25, 0.3) is 0 Å². The van der Waals surface area contributed by atoms with Gasteiger partial charge < -0.3 is 14.5 Å². The van der Waals surface area contributed by atoms with E-state index in [0.29, 0.717) is 18.4 Å². The normalized spacial score (nSPS) is 20.7. The Balaban J connectivity index is 1.26. The molecule has 0 spiro atoms. The third-order valence-electron chi connectivity index (χ3n) is 6.18. The number of benzene rings is 1. The van der Waals surface area contributed by atoms with Crippen LogP contribution >= 0.6 is 11.3 Å². The predicted octanol–water partition coefficient (Wildman–Crippen LogP) is 3.50. The van der Waals surface area contributed by atoms with Gasteiger partial charge in [0.2, 0.25) is 5.91 Å². The first-order valence-corrected chi connectivity index (χ1v) is 11.5. The molecular weight excluding hydrogens is 382 g/mol. The number of ether oxygens (including phenoxy) is 1. The monoisotopic (exact) mass is 413 g/mol. The Hall–Kier alpha value is -2.05. The lowest BCUT2D eigenvalue weighted by atomic mass is 10.0. The maximum atomic E-state index is 12.7. The van der Waals surface area contributed by atoms with Crippen LogP contribution in [0.2, 0.25) is 0 Å². The molecule has 1 aromatic heterocycles. The number of rotatable bonds is 6. The number of hydrogen-bond donors (Lipinski definition) is 0. The molecule has 2 aliphatic rings. The Morgan fingerprint density at radius 3 is 2.59 bits per heavy atom. The number of anilines is 1. The van der Waals surface area contributed by atoms with Gasteiger partial charge in [-0.2, -0.15) is 0 Å². The zero-order valence-electron chi connectivity index (χ0n) is 17.3. The van der Waals surface area contributed by atoms with Crippen molar-refractivity contribution in [2.75, 3.05) is 51.3 Å². The average molecular weight is 414 g/mol. The van der Waals surface area contributed by atoms with Crippen LogP contribution < -0.4 is 9.64 Å². The molecule has 0 unspecified atom stereocenters. The number of carbonyl (C=O) groups is 1. The molecule has 0 aliphatic carbocycles. The highest BCUT2D eigenvalue weighted by atomic mass is 32.1. The first-order valence-electron chi connectivity index (χ1n) is 10.7. The average Bonchev–Trinajstić information content (AvgIpc) is 3.31. The molecule has 0 radical (unpaired) electrons. The summed E-state index contributed by atoms with van der Waals surface area (Å²) in [6.07, 6.45) is 3.84. The molecule has 2 fully saturated rings. The van der Waals surface area contributed by atoms with Crippen LogP contribution in [-0.4, -0.2) is 68.1 Å². The minimum atomic E-state index is 0.319. The number of likely N-dealkylation sites (tertiary alicyclic amines) is 1. The van der Waals surface area contributed by atoms with E-state index < -0.39 is 0 Å². The number of carbonyl (C=O) groups excluding carboxylic acids is 1. The van der Waals surface area contributed by atoms with Crippen molar-refractivity contribution in [1.29, 1.82) is 0 Å². The minimum absolute atomic E-state index is 0.319. The van der Waals surface area contributed by atoms with E-state index in [4.69, 9.17) is 4.74 Å². The van der Waals surface area contributed by atoms with Gasteiger partial charge in [-0.1, -0.05) is 6.07 Å². The molecule has 0 saturated carbocycles. The van der Waals surface area contributed by atoms with Crippen molar-refractivity contribution in [3.8, 4) is 5.75 Å². The first-order chi connectivity index (χ1) is 14.2. The lowest BCUT2D eigenvalue weighted by Crippen LogP contribution is -2.55. The number of methoxy groups -OCH3 is 1. The molecule has 1 atom stereocenters. The second-order valence-electron chi connectivity index (χ2n) is 7.94. The van der Waals surface area contributed by atoms with Gasteiger partial charge in [-0.05, 0) is 55.0 Å². The molecular formula is C23H31N3O2S. The van der Waals surface area contributed by atoms with Crippen LogP contribution in [0.4, 0.5) is 5.69 Å². The van der Waals surface area contributed by atoms with Gasteiger partial charge in [-0.3, -0.25) is 9.69 Å². The van der Waals surface area contributed by atoms with Crippen LogP contribution in [0.3, 0.4) is 0 Å². The summed E-state index contributed by atoms with van der Waals surface area (Å²) in [6.45, 7) is 6.02. The van der Waals surface area contributed by atoms with Gasteiger partial charge >= 0.3 is 0 Å². The fraction of sp³-hybridized carbons (Fsp3) is 0.522. The maximum absolute atomic E-state index is 12.7. The number of nitrogens with zero attached hydrogens (tertiary/aromatic N) is 3. The van der Waals surface area contributed by atoms with Crippen molar-refractivity contribution in [3.05, 3.63) is 46.7 Å². The first kappa shape index (κ1) is 20.2. The van der Waals surface area contributed by atoms with E-state index >= 15 is 0 Å². The van der Waals surface area contributed by atoms with Gasteiger partial charge in [0.15, 0.2) is 0 Å². The van der Waals surface area contributed by atoms with Gasteiger partial charge in [0.25, 0.3) is 0 Å². The summed E-state index contributed by atoms with van der Waals surface area (Å²) in [6, 6.07) is 13.0. The number of piperidine rings is 1. The van der Waals surface area contributed by atoms with Crippen molar-refractivity contribution in [2.45, 2.75) is 31.7 Å². The number of thiophene rings is 1. The highest BCUT2D eigenvalue weighted by Crippen LogP contribution is 2.23. The molecule has 29 heavy (non-hydrogen) atoms. The van der Waals surface area contributed by atoms with E-state index in [1.165, 1.54) is 17.0 Å². The van der Waals surface area contributed by atoms with Crippen LogP contribution in [0.5, 0.6) is 5.75 Å². The zero-order valence-corrected chi connectivity index (χ0v) is 18.1. The van der Waals surface area contributed by atoms with E-state index in [1.807, 2.05) is 12.1 Å². The van der Waals surface area contributed by atoms with Crippen molar-refractivity contribution in [2.24, 2.45) is 0 Å². The maximum Gasteiger partial charge on any atom is 0.222 e. The highest BCUT2D eigenvalue weighted by molar-refractivity contribution is 7.09. The van der Waals surface area contributed by atoms with Gasteiger partial charge in [-0.25, -0.2) is 0 Å².